The van der Waals surface area contributed by atoms with Crippen molar-refractivity contribution < 1.29 is 8.42 Å². The summed E-state index contributed by atoms with van der Waals surface area (Å²) < 4.78 is 26.2. The van der Waals surface area contributed by atoms with E-state index in [1.165, 1.54) is 23.5 Å². The summed E-state index contributed by atoms with van der Waals surface area (Å²) in [6, 6.07) is 7.91. The molecule has 0 spiro atoms. The van der Waals surface area contributed by atoms with E-state index in [2.05, 4.69) is 4.98 Å². The molecule has 0 atom stereocenters. The molecule has 0 saturated carbocycles. The second kappa shape index (κ2) is 5.78. The largest absolute Gasteiger partial charge is 0.399 e. The SMILES string of the molecule is CN(Cc1ccncc1)S(=O)(=O)c1cc(N)ccc1Cl. The number of anilines is 1. The first-order valence-corrected chi connectivity index (χ1v) is 7.63. The van der Waals surface area contributed by atoms with Gasteiger partial charge in [0, 0.05) is 31.7 Å². The maximum atomic E-state index is 12.5. The van der Waals surface area contributed by atoms with Gasteiger partial charge in [-0.25, -0.2) is 8.42 Å². The van der Waals surface area contributed by atoms with E-state index in [9.17, 15) is 8.42 Å². The van der Waals surface area contributed by atoms with Crippen molar-refractivity contribution in [3.05, 3.63) is 53.3 Å². The second-order valence-electron chi connectivity index (χ2n) is 4.31. The van der Waals surface area contributed by atoms with Crippen LogP contribution in [0.4, 0.5) is 5.69 Å². The smallest absolute Gasteiger partial charge is 0.244 e. The molecule has 0 aliphatic carbocycles. The predicted octanol–water partition coefficient (Wildman–Crippen LogP) is 2.14. The quantitative estimate of drug-likeness (QED) is 0.878. The number of aromatic nitrogens is 1. The normalized spacial score (nSPS) is 11.8. The average molecular weight is 312 g/mol. The highest BCUT2D eigenvalue weighted by atomic mass is 35.5. The number of hydrogen-bond acceptors (Lipinski definition) is 4. The Morgan fingerprint density at radius 1 is 1.25 bits per heavy atom. The Labute approximate surface area is 123 Å². The fourth-order valence-corrected chi connectivity index (χ4v) is 3.38. The third kappa shape index (κ3) is 3.09. The van der Waals surface area contributed by atoms with Gasteiger partial charge in [0.25, 0.3) is 0 Å². The van der Waals surface area contributed by atoms with Gasteiger partial charge in [-0.2, -0.15) is 4.31 Å². The number of nitrogen functional groups attached to an aromatic ring is 1. The zero-order chi connectivity index (χ0) is 14.8. The van der Waals surface area contributed by atoms with Crippen LogP contribution in [0.2, 0.25) is 5.02 Å². The topological polar surface area (TPSA) is 76.3 Å². The van der Waals surface area contributed by atoms with Crippen molar-refractivity contribution in [1.82, 2.24) is 9.29 Å². The van der Waals surface area contributed by atoms with Crippen LogP contribution in [0, 0.1) is 0 Å². The number of nitrogens with two attached hydrogens (primary N) is 1. The minimum absolute atomic E-state index is 0.00993. The number of sulfonamides is 1. The Morgan fingerprint density at radius 3 is 2.55 bits per heavy atom. The summed E-state index contributed by atoms with van der Waals surface area (Å²) in [6.45, 7) is 0.232. The highest BCUT2D eigenvalue weighted by molar-refractivity contribution is 7.89. The molecule has 106 valence electrons. The maximum Gasteiger partial charge on any atom is 0.244 e. The first-order valence-electron chi connectivity index (χ1n) is 5.81. The molecular weight excluding hydrogens is 298 g/mol. The van der Waals surface area contributed by atoms with E-state index < -0.39 is 10.0 Å². The molecular formula is C13H14ClN3O2S. The molecule has 1 aromatic carbocycles. The van der Waals surface area contributed by atoms with Crippen molar-refractivity contribution in [2.24, 2.45) is 0 Å². The Hall–Kier alpha value is -1.63. The molecule has 0 saturated heterocycles. The summed E-state index contributed by atoms with van der Waals surface area (Å²) >= 11 is 5.96. The van der Waals surface area contributed by atoms with Crippen LogP contribution in [-0.4, -0.2) is 24.8 Å². The van der Waals surface area contributed by atoms with Crippen molar-refractivity contribution in [2.45, 2.75) is 11.4 Å². The van der Waals surface area contributed by atoms with E-state index in [4.69, 9.17) is 17.3 Å². The molecule has 2 N–H and O–H groups in total. The van der Waals surface area contributed by atoms with Crippen molar-refractivity contribution >= 4 is 27.3 Å². The Kier molecular flexibility index (Phi) is 4.27. The number of benzene rings is 1. The van der Waals surface area contributed by atoms with Crippen LogP contribution in [0.5, 0.6) is 0 Å². The van der Waals surface area contributed by atoms with Crippen LogP contribution in [-0.2, 0) is 16.6 Å². The molecule has 0 radical (unpaired) electrons. The van der Waals surface area contributed by atoms with Gasteiger partial charge >= 0.3 is 0 Å². The summed E-state index contributed by atoms with van der Waals surface area (Å²) in [5.74, 6) is 0. The summed E-state index contributed by atoms with van der Waals surface area (Å²) in [5.41, 5.74) is 6.82. The standard InChI is InChI=1S/C13H14ClN3O2S/c1-17(9-10-4-6-16-7-5-10)20(18,19)13-8-11(15)2-3-12(13)14/h2-8H,9,15H2,1H3. The summed E-state index contributed by atoms with van der Waals surface area (Å²) in [4.78, 5) is 3.90. The molecule has 1 heterocycles. The number of nitrogens with zero attached hydrogens (tertiary/aromatic N) is 2. The fraction of sp³-hybridized carbons (Fsp3) is 0.154. The van der Waals surface area contributed by atoms with E-state index in [1.807, 2.05) is 0 Å². The highest BCUT2D eigenvalue weighted by Gasteiger charge is 2.23. The lowest BCUT2D eigenvalue weighted by molar-refractivity contribution is 0.466. The molecule has 1 aromatic heterocycles. The highest BCUT2D eigenvalue weighted by Crippen LogP contribution is 2.26. The summed E-state index contributed by atoms with van der Waals surface area (Å²) in [5, 5.41) is 0.153. The lowest BCUT2D eigenvalue weighted by Crippen LogP contribution is -2.26. The third-order valence-electron chi connectivity index (χ3n) is 2.80. The molecule has 0 aliphatic rings. The van der Waals surface area contributed by atoms with Crippen LogP contribution in [0.15, 0.2) is 47.6 Å². The average Bonchev–Trinajstić information content (AvgIpc) is 2.42. The number of pyridine rings is 1. The molecule has 5 nitrogen and oxygen atoms in total. The predicted molar refractivity (Wildman–Crippen MR) is 78.8 cm³/mol. The van der Waals surface area contributed by atoms with Gasteiger partial charge in [0.2, 0.25) is 10.0 Å². The summed E-state index contributed by atoms with van der Waals surface area (Å²) in [6.07, 6.45) is 3.23. The summed E-state index contributed by atoms with van der Waals surface area (Å²) in [7, 11) is -2.19. The minimum atomic E-state index is -3.69. The van der Waals surface area contributed by atoms with Gasteiger partial charge in [0.1, 0.15) is 4.90 Å². The minimum Gasteiger partial charge on any atom is -0.399 e. The van der Waals surface area contributed by atoms with E-state index >= 15 is 0 Å². The lowest BCUT2D eigenvalue weighted by Gasteiger charge is -2.18. The third-order valence-corrected chi connectivity index (χ3v) is 5.08. The Bertz CT molecular complexity index is 705. The van der Waals surface area contributed by atoms with Gasteiger partial charge in [-0.1, -0.05) is 11.6 Å². The maximum absolute atomic E-state index is 12.5. The molecule has 20 heavy (non-hydrogen) atoms. The fourth-order valence-electron chi connectivity index (χ4n) is 1.72. The molecule has 7 heteroatoms. The van der Waals surface area contributed by atoms with Gasteiger partial charge in [0.15, 0.2) is 0 Å². The van der Waals surface area contributed by atoms with Crippen molar-refractivity contribution in [1.29, 1.82) is 0 Å². The molecule has 0 bridgehead atoms. The van der Waals surface area contributed by atoms with Crippen LogP contribution < -0.4 is 5.73 Å². The second-order valence-corrected chi connectivity index (χ2v) is 6.73. The van der Waals surface area contributed by atoms with Gasteiger partial charge in [-0.05, 0) is 35.9 Å². The zero-order valence-electron chi connectivity index (χ0n) is 10.8. The van der Waals surface area contributed by atoms with Crippen molar-refractivity contribution in [2.75, 3.05) is 12.8 Å². The number of halogens is 1. The van der Waals surface area contributed by atoms with Crippen LogP contribution >= 0.6 is 11.6 Å². The van der Waals surface area contributed by atoms with Crippen LogP contribution in [0.25, 0.3) is 0 Å². The van der Waals surface area contributed by atoms with E-state index in [0.29, 0.717) is 5.69 Å². The van der Waals surface area contributed by atoms with E-state index in [1.54, 1.807) is 30.6 Å². The van der Waals surface area contributed by atoms with Gasteiger partial charge in [-0.15, -0.1) is 0 Å². The van der Waals surface area contributed by atoms with Gasteiger partial charge < -0.3 is 5.73 Å². The van der Waals surface area contributed by atoms with Crippen LogP contribution in [0.3, 0.4) is 0 Å². The Morgan fingerprint density at radius 2 is 1.90 bits per heavy atom. The number of rotatable bonds is 4. The molecule has 0 aliphatic heterocycles. The molecule has 2 rings (SSSR count). The first kappa shape index (κ1) is 14.8. The van der Waals surface area contributed by atoms with Crippen LogP contribution in [0.1, 0.15) is 5.56 Å². The van der Waals surface area contributed by atoms with Crippen molar-refractivity contribution in [3.8, 4) is 0 Å². The van der Waals surface area contributed by atoms with E-state index in [0.717, 1.165) is 5.56 Å². The zero-order valence-corrected chi connectivity index (χ0v) is 12.4. The first-order chi connectivity index (χ1) is 9.41. The van der Waals surface area contributed by atoms with Crippen molar-refractivity contribution in [3.63, 3.8) is 0 Å². The van der Waals surface area contributed by atoms with Gasteiger partial charge in [-0.3, -0.25) is 4.98 Å². The molecule has 0 unspecified atom stereocenters. The molecule has 0 amide bonds. The lowest BCUT2D eigenvalue weighted by atomic mass is 10.3. The monoisotopic (exact) mass is 311 g/mol. The Balaban J connectivity index is 2.32. The molecule has 0 fully saturated rings. The molecule has 2 aromatic rings. The van der Waals surface area contributed by atoms with E-state index in [-0.39, 0.29) is 16.5 Å². The number of hydrogen-bond donors (Lipinski definition) is 1. The van der Waals surface area contributed by atoms with Gasteiger partial charge in [0.05, 0.1) is 5.02 Å².